The number of azo groups is 1. The van der Waals surface area contributed by atoms with E-state index in [0.717, 1.165) is 0 Å². The first-order chi connectivity index (χ1) is 11.3. The quantitative estimate of drug-likeness (QED) is 0.496. The molecule has 1 aliphatic heterocycles. The van der Waals surface area contributed by atoms with Crippen LogP contribution in [0, 0.1) is 0 Å². The lowest BCUT2D eigenvalue weighted by Gasteiger charge is -2.25. The number of Topliss-reactive ketones (excluding diaryl/α,β-unsaturated/α-hetero) is 1. The van der Waals surface area contributed by atoms with E-state index < -0.39 is 15.8 Å². The Hall–Kier alpha value is -2.10. The monoisotopic (exact) mass is 353 g/mol. The van der Waals surface area contributed by atoms with E-state index in [4.69, 9.17) is 4.74 Å². The molecule has 0 radical (unpaired) electrons. The summed E-state index contributed by atoms with van der Waals surface area (Å²) >= 11 is 0. The van der Waals surface area contributed by atoms with E-state index in [9.17, 15) is 18.3 Å². The van der Waals surface area contributed by atoms with Crippen molar-refractivity contribution in [3.8, 4) is 0 Å². The van der Waals surface area contributed by atoms with Gasteiger partial charge in [-0.05, 0) is 31.2 Å². The van der Waals surface area contributed by atoms with Crippen LogP contribution < -0.4 is 0 Å². The van der Waals surface area contributed by atoms with Crippen LogP contribution in [0.25, 0.3) is 0 Å². The summed E-state index contributed by atoms with van der Waals surface area (Å²) in [5, 5.41) is 16.9. The zero-order valence-electron chi connectivity index (χ0n) is 13.5. The molecule has 8 nitrogen and oxygen atoms in total. The van der Waals surface area contributed by atoms with E-state index in [-0.39, 0.29) is 16.4 Å². The normalized spacial score (nSPS) is 17.8. The second-order valence-corrected chi connectivity index (χ2v) is 7.14. The van der Waals surface area contributed by atoms with E-state index in [2.05, 4.69) is 10.2 Å². The molecule has 1 heterocycles. The van der Waals surface area contributed by atoms with Crippen LogP contribution in [0.3, 0.4) is 0 Å². The molecule has 9 heteroatoms. The molecule has 0 aromatic heterocycles. The highest BCUT2D eigenvalue weighted by Gasteiger charge is 2.26. The average Bonchev–Trinajstić information content (AvgIpc) is 2.55. The maximum atomic E-state index is 12.5. The van der Waals surface area contributed by atoms with Crippen LogP contribution in [0.15, 0.2) is 50.8 Å². The van der Waals surface area contributed by atoms with Gasteiger partial charge in [-0.2, -0.15) is 9.42 Å². The van der Waals surface area contributed by atoms with Gasteiger partial charge in [-0.15, -0.1) is 5.11 Å². The summed E-state index contributed by atoms with van der Waals surface area (Å²) < 4.78 is 31.5. The average molecular weight is 353 g/mol. The highest BCUT2D eigenvalue weighted by molar-refractivity contribution is 7.89. The van der Waals surface area contributed by atoms with Gasteiger partial charge in [0.05, 0.1) is 23.8 Å². The first-order valence-electron chi connectivity index (χ1n) is 7.33. The number of nitrogens with zero attached hydrogens (tertiary/aromatic N) is 3. The van der Waals surface area contributed by atoms with Gasteiger partial charge in [0.2, 0.25) is 10.0 Å². The molecule has 1 N–H and O–H groups in total. The first-order valence-corrected chi connectivity index (χ1v) is 8.77. The van der Waals surface area contributed by atoms with Gasteiger partial charge < -0.3 is 9.84 Å². The number of ketones is 1. The standard InChI is InChI=1S/C15H19N3O5S/c1-11(19)15(12(2)20)17-16-13-3-5-14(6-4-13)24(21,22)18-7-9-23-10-8-18/h3-6,19H,7-10H2,1-2H3/b15-11-,17-16?. The summed E-state index contributed by atoms with van der Waals surface area (Å²) in [5.74, 6) is -0.636. The van der Waals surface area contributed by atoms with E-state index in [1.807, 2.05) is 0 Å². The van der Waals surface area contributed by atoms with Crippen LogP contribution in [0.4, 0.5) is 5.69 Å². The van der Waals surface area contributed by atoms with Gasteiger partial charge in [0, 0.05) is 20.0 Å². The van der Waals surface area contributed by atoms with Crippen molar-refractivity contribution in [3.63, 3.8) is 0 Å². The fourth-order valence-electron chi connectivity index (χ4n) is 2.13. The first kappa shape index (κ1) is 18.2. The molecule has 1 aliphatic rings. The Bertz CT molecular complexity index is 759. The number of hydrogen-bond acceptors (Lipinski definition) is 7. The Balaban J connectivity index is 2.19. The van der Waals surface area contributed by atoms with E-state index >= 15 is 0 Å². The van der Waals surface area contributed by atoms with Crippen molar-refractivity contribution in [2.75, 3.05) is 26.3 Å². The number of benzene rings is 1. The Kier molecular flexibility index (Phi) is 5.81. The number of hydrogen-bond donors (Lipinski definition) is 1. The van der Waals surface area contributed by atoms with Gasteiger partial charge in [-0.3, -0.25) is 4.79 Å². The lowest BCUT2D eigenvalue weighted by Crippen LogP contribution is -2.40. The van der Waals surface area contributed by atoms with Crippen LogP contribution in [0.5, 0.6) is 0 Å². The number of morpholine rings is 1. The third-order valence-corrected chi connectivity index (χ3v) is 5.30. The Morgan fingerprint density at radius 2 is 1.75 bits per heavy atom. The Morgan fingerprint density at radius 1 is 1.17 bits per heavy atom. The molecule has 0 bridgehead atoms. The summed E-state index contributed by atoms with van der Waals surface area (Å²) in [4.78, 5) is 11.5. The fraction of sp³-hybridized carbons (Fsp3) is 0.400. The molecule has 1 aromatic carbocycles. The van der Waals surface area contributed by atoms with Crippen LogP contribution in [-0.2, 0) is 19.6 Å². The number of allylic oxidation sites excluding steroid dienone is 2. The number of ether oxygens (including phenoxy) is 1. The van der Waals surface area contributed by atoms with Crippen molar-refractivity contribution < 1.29 is 23.1 Å². The number of aliphatic hydroxyl groups excluding tert-OH is 1. The molecule has 0 unspecified atom stereocenters. The topological polar surface area (TPSA) is 109 Å². The van der Waals surface area contributed by atoms with Crippen molar-refractivity contribution in [2.24, 2.45) is 10.2 Å². The van der Waals surface area contributed by atoms with Crippen LogP contribution in [0.2, 0.25) is 0 Å². The molecule has 1 saturated heterocycles. The summed E-state index contributed by atoms with van der Waals surface area (Å²) in [6.07, 6.45) is 0. The third kappa shape index (κ3) is 4.25. The van der Waals surface area contributed by atoms with Crippen molar-refractivity contribution in [1.29, 1.82) is 0 Å². The molecular weight excluding hydrogens is 334 g/mol. The fourth-order valence-corrected chi connectivity index (χ4v) is 3.53. The smallest absolute Gasteiger partial charge is 0.243 e. The van der Waals surface area contributed by atoms with Crippen molar-refractivity contribution in [1.82, 2.24) is 4.31 Å². The highest BCUT2D eigenvalue weighted by Crippen LogP contribution is 2.21. The summed E-state index contributed by atoms with van der Waals surface area (Å²) in [5.41, 5.74) is 0.232. The molecule has 0 saturated carbocycles. The molecule has 0 atom stereocenters. The summed E-state index contributed by atoms with van der Waals surface area (Å²) in [7, 11) is -3.56. The minimum absolute atomic E-state index is 0.139. The van der Waals surface area contributed by atoms with Gasteiger partial charge in [-0.1, -0.05) is 0 Å². The predicted octanol–water partition coefficient (Wildman–Crippen LogP) is 2.17. The lowest BCUT2D eigenvalue weighted by molar-refractivity contribution is -0.113. The zero-order valence-corrected chi connectivity index (χ0v) is 14.3. The second-order valence-electron chi connectivity index (χ2n) is 5.20. The number of carbonyl (C=O) groups is 1. The highest BCUT2D eigenvalue weighted by atomic mass is 32.2. The molecule has 0 amide bonds. The van der Waals surface area contributed by atoms with Crippen LogP contribution in [0.1, 0.15) is 13.8 Å². The zero-order chi connectivity index (χ0) is 17.7. The molecule has 24 heavy (non-hydrogen) atoms. The van der Waals surface area contributed by atoms with Gasteiger partial charge in [0.1, 0.15) is 5.76 Å². The minimum atomic E-state index is -3.56. The number of rotatable bonds is 5. The van der Waals surface area contributed by atoms with Crippen molar-refractivity contribution >= 4 is 21.5 Å². The summed E-state index contributed by atoms with van der Waals surface area (Å²) in [6, 6.07) is 5.84. The van der Waals surface area contributed by atoms with Crippen molar-refractivity contribution in [3.05, 3.63) is 35.7 Å². The van der Waals surface area contributed by atoms with Gasteiger partial charge in [0.15, 0.2) is 11.5 Å². The molecule has 0 aliphatic carbocycles. The number of aliphatic hydroxyl groups is 1. The van der Waals surface area contributed by atoms with Crippen LogP contribution >= 0.6 is 0 Å². The van der Waals surface area contributed by atoms with E-state index in [1.165, 1.54) is 42.4 Å². The van der Waals surface area contributed by atoms with Gasteiger partial charge >= 0.3 is 0 Å². The maximum absolute atomic E-state index is 12.5. The molecule has 1 aromatic rings. The maximum Gasteiger partial charge on any atom is 0.243 e. The van der Waals surface area contributed by atoms with E-state index in [0.29, 0.717) is 32.0 Å². The SMILES string of the molecule is CC(=O)/C(N=Nc1ccc(S(=O)(=O)N2CCOCC2)cc1)=C(\C)O. The molecule has 1 fully saturated rings. The molecular formula is C15H19N3O5S. The minimum Gasteiger partial charge on any atom is -0.510 e. The number of sulfonamides is 1. The van der Waals surface area contributed by atoms with E-state index in [1.54, 1.807) is 0 Å². The second kappa shape index (κ2) is 7.65. The van der Waals surface area contributed by atoms with Gasteiger partial charge in [0.25, 0.3) is 0 Å². The predicted molar refractivity (Wildman–Crippen MR) is 86.5 cm³/mol. The molecule has 2 rings (SSSR count). The molecule has 0 spiro atoms. The third-order valence-electron chi connectivity index (χ3n) is 3.39. The Labute approximate surface area is 140 Å². The van der Waals surface area contributed by atoms with Crippen LogP contribution in [-0.4, -0.2) is 49.9 Å². The largest absolute Gasteiger partial charge is 0.510 e. The summed E-state index contributed by atoms with van der Waals surface area (Å²) in [6.45, 7) is 4.02. The Morgan fingerprint density at radius 3 is 2.25 bits per heavy atom. The number of carbonyl (C=O) groups excluding carboxylic acids is 1. The van der Waals surface area contributed by atoms with Crippen molar-refractivity contribution in [2.45, 2.75) is 18.7 Å². The van der Waals surface area contributed by atoms with Gasteiger partial charge in [-0.25, -0.2) is 8.42 Å². The lowest BCUT2D eigenvalue weighted by atomic mass is 10.3. The molecule has 130 valence electrons.